The summed E-state index contributed by atoms with van der Waals surface area (Å²) in [6.45, 7) is 2.09. The number of rotatable bonds is 0. The van der Waals surface area contributed by atoms with Crippen molar-refractivity contribution in [3.05, 3.63) is 12.3 Å². The van der Waals surface area contributed by atoms with Crippen LogP contribution >= 0.6 is 0 Å². The van der Waals surface area contributed by atoms with E-state index in [1.807, 2.05) is 6.08 Å². The molecule has 2 heterocycles. The first-order valence-electron chi connectivity index (χ1n) is 3.99. The highest BCUT2D eigenvalue weighted by atomic mass is 16.5. The van der Waals surface area contributed by atoms with Gasteiger partial charge in [0.05, 0.1) is 13.2 Å². The molecule has 0 aromatic rings. The molecule has 0 aliphatic carbocycles. The summed E-state index contributed by atoms with van der Waals surface area (Å²) in [6, 6.07) is 0. The second-order valence-corrected chi connectivity index (χ2v) is 3.40. The maximum absolute atomic E-state index is 10.5. The van der Waals surface area contributed by atoms with Crippen molar-refractivity contribution >= 4 is 6.09 Å². The van der Waals surface area contributed by atoms with Gasteiger partial charge in [-0.05, 0) is 6.42 Å². The van der Waals surface area contributed by atoms with Crippen LogP contribution in [-0.4, -0.2) is 35.9 Å². The first-order chi connectivity index (χ1) is 5.72. The smallest absolute Gasteiger partial charge is 0.411 e. The van der Waals surface area contributed by atoms with E-state index >= 15 is 0 Å². The van der Waals surface area contributed by atoms with E-state index in [4.69, 9.17) is 9.84 Å². The molecule has 0 saturated carbocycles. The molecule has 0 aromatic heterocycles. The minimum Gasteiger partial charge on any atom is -0.465 e. The van der Waals surface area contributed by atoms with Crippen molar-refractivity contribution in [3.8, 4) is 0 Å². The van der Waals surface area contributed by atoms with Crippen LogP contribution in [0.3, 0.4) is 0 Å². The molecule has 1 saturated heterocycles. The minimum absolute atomic E-state index is 0.159. The molecule has 2 aliphatic heterocycles. The topological polar surface area (TPSA) is 49.8 Å². The predicted molar refractivity (Wildman–Crippen MR) is 41.7 cm³/mol. The number of ether oxygens (including phenoxy) is 1. The fraction of sp³-hybridized carbons (Fsp3) is 0.625. The fourth-order valence-corrected chi connectivity index (χ4v) is 1.51. The van der Waals surface area contributed by atoms with Crippen molar-refractivity contribution < 1.29 is 14.6 Å². The summed E-state index contributed by atoms with van der Waals surface area (Å²) in [5, 5.41) is 8.64. The summed E-state index contributed by atoms with van der Waals surface area (Å²) in [6.07, 6.45) is 3.61. The van der Waals surface area contributed by atoms with Gasteiger partial charge < -0.3 is 9.84 Å². The van der Waals surface area contributed by atoms with Crippen molar-refractivity contribution in [3.63, 3.8) is 0 Å². The second-order valence-electron chi connectivity index (χ2n) is 3.40. The molecule has 0 atom stereocenters. The predicted octanol–water partition coefficient (Wildman–Crippen LogP) is 0.900. The molecule has 4 heteroatoms. The minimum atomic E-state index is -0.874. The van der Waals surface area contributed by atoms with E-state index in [1.54, 1.807) is 6.20 Å². The van der Waals surface area contributed by atoms with Crippen molar-refractivity contribution in [1.82, 2.24) is 4.90 Å². The lowest BCUT2D eigenvalue weighted by Crippen LogP contribution is -2.46. The summed E-state index contributed by atoms with van der Waals surface area (Å²) < 4.78 is 5.09. The van der Waals surface area contributed by atoms with E-state index in [1.165, 1.54) is 4.90 Å². The van der Waals surface area contributed by atoms with Gasteiger partial charge >= 0.3 is 6.09 Å². The summed E-state index contributed by atoms with van der Waals surface area (Å²) in [5.41, 5.74) is 0.159. The maximum Gasteiger partial charge on any atom is 0.411 e. The van der Waals surface area contributed by atoms with Gasteiger partial charge in [-0.25, -0.2) is 4.79 Å². The summed E-state index contributed by atoms with van der Waals surface area (Å²) in [7, 11) is 0. The Morgan fingerprint density at radius 2 is 2.33 bits per heavy atom. The highest BCUT2D eigenvalue weighted by Crippen LogP contribution is 2.35. The van der Waals surface area contributed by atoms with Crippen LogP contribution in [0.4, 0.5) is 4.79 Å². The van der Waals surface area contributed by atoms with E-state index in [9.17, 15) is 4.79 Å². The Bertz CT molecular complexity index is 232. The fourth-order valence-electron chi connectivity index (χ4n) is 1.51. The first kappa shape index (κ1) is 7.61. The van der Waals surface area contributed by atoms with Crippen LogP contribution < -0.4 is 0 Å². The van der Waals surface area contributed by atoms with Crippen LogP contribution in [-0.2, 0) is 4.74 Å². The molecule has 1 fully saturated rings. The molecule has 1 amide bonds. The Hall–Kier alpha value is -1.03. The third-order valence-corrected chi connectivity index (χ3v) is 2.48. The van der Waals surface area contributed by atoms with Gasteiger partial charge in [0.2, 0.25) is 0 Å². The molecule has 12 heavy (non-hydrogen) atoms. The molecule has 2 aliphatic rings. The zero-order chi connectivity index (χ0) is 8.60. The Balaban J connectivity index is 2.04. The van der Waals surface area contributed by atoms with E-state index in [0.717, 1.165) is 19.6 Å². The molecule has 1 N–H and O–H groups in total. The van der Waals surface area contributed by atoms with Crippen LogP contribution in [0.5, 0.6) is 0 Å². The zero-order valence-electron chi connectivity index (χ0n) is 6.69. The van der Waals surface area contributed by atoms with Gasteiger partial charge in [-0.15, -0.1) is 0 Å². The van der Waals surface area contributed by atoms with Gasteiger partial charge in [-0.2, -0.15) is 0 Å². The largest absolute Gasteiger partial charge is 0.465 e. The molecule has 66 valence electrons. The Kier molecular flexibility index (Phi) is 1.58. The van der Waals surface area contributed by atoms with Gasteiger partial charge in [0.25, 0.3) is 0 Å². The molecular formula is C8H11NO3. The molecule has 0 unspecified atom stereocenters. The van der Waals surface area contributed by atoms with Gasteiger partial charge in [0, 0.05) is 18.2 Å². The number of hydrogen-bond donors (Lipinski definition) is 1. The number of carbonyl (C=O) groups is 1. The molecule has 0 aromatic carbocycles. The Morgan fingerprint density at radius 3 is 2.67 bits per heavy atom. The molecule has 0 radical (unpaired) electrons. The van der Waals surface area contributed by atoms with Crippen molar-refractivity contribution in [1.29, 1.82) is 0 Å². The average Bonchev–Trinajstić information content (AvgIpc) is 2.02. The van der Waals surface area contributed by atoms with Crippen LogP contribution in [0.2, 0.25) is 0 Å². The molecule has 1 spiro atoms. The number of amides is 1. The monoisotopic (exact) mass is 169 g/mol. The molecular weight excluding hydrogens is 158 g/mol. The summed E-state index contributed by atoms with van der Waals surface area (Å²) in [4.78, 5) is 11.8. The third-order valence-electron chi connectivity index (χ3n) is 2.48. The number of carboxylic acid groups (broad SMARTS) is 1. The molecule has 2 rings (SSSR count). The van der Waals surface area contributed by atoms with Gasteiger partial charge in [0.1, 0.15) is 0 Å². The second kappa shape index (κ2) is 2.48. The Morgan fingerprint density at radius 1 is 1.58 bits per heavy atom. The lowest BCUT2D eigenvalue weighted by Gasteiger charge is -2.42. The van der Waals surface area contributed by atoms with E-state index in [-0.39, 0.29) is 5.41 Å². The standard InChI is InChI=1S/C8H11NO3/c10-7(11)9-3-1-8(2-4-9)5-12-6-8/h1,3H,2,4-6H2,(H,10,11). The average molecular weight is 169 g/mol. The normalized spacial score (nSPS) is 25.5. The van der Waals surface area contributed by atoms with Crippen molar-refractivity contribution in [2.75, 3.05) is 19.8 Å². The molecule has 0 bridgehead atoms. The quantitative estimate of drug-likeness (QED) is 0.586. The van der Waals surface area contributed by atoms with Gasteiger partial charge in [-0.3, -0.25) is 4.90 Å². The van der Waals surface area contributed by atoms with Crippen LogP contribution in [0.15, 0.2) is 12.3 Å². The van der Waals surface area contributed by atoms with Crippen molar-refractivity contribution in [2.24, 2.45) is 5.41 Å². The number of hydrogen-bond acceptors (Lipinski definition) is 2. The highest BCUT2D eigenvalue weighted by Gasteiger charge is 2.38. The summed E-state index contributed by atoms with van der Waals surface area (Å²) >= 11 is 0. The lowest BCUT2D eigenvalue weighted by molar-refractivity contribution is -0.0920. The zero-order valence-corrected chi connectivity index (χ0v) is 6.69. The van der Waals surface area contributed by atoms with E-state index in [2.05, 4.69) is 0 Å². The summed E-state index contributed by atoms with van der Waals surface area (Å²) in [5.74, 6) is 0. The lowest BCUT2D eigenvalue weighted by atomic mass is 9.81. The van der Waals surface area contributed by atoms with Crippen molar-refractivity contribution in [2.45, 2.75) is 6.42 Å². The highest BCUT2D eigenvalue weighted by molar-refractivity contribution is 5.66. The first-order valence-corrected chi connectivity index (χ1v) is 3.99. The SMILES string of the molecule is O=C(O)N1C=CC2(CC1)COC2. The maximum atomic E-state index is 10.5. The van der Waals surface area contributed by atoms with Crippen LogP contribution in [0.1, 0.15) is 6.42 Å². The van der Waals surface area contributed by atoms with Crippen LogP contribution in [0.25, 0.3) is 0 Å². The van der Waals surface area contributed by atoms with E-state index in [0.29, 0.717) is 6.54 Å². The number of nitrogens with zero attached hydrogens (tertiary/aromatic N) is 1. The third kappa shape index (κ3) is 1.08. The molecule has 4 nitrogen and oxygen atoms in total. The Labute approximate surface area is 70.4 Å². The van der Waals surface area contributed by atoms with Gasteiger partial charge in [-0.1, -0.05) is 6.08 Å². The van der Waals surface area contributed by atoms with Gasteiger partial charge in [0.15, 0.2) is 0 Å². The van der Waals surface area contributed by atoms with E-state index < -0.39 is 6.09 Å². The van der Waals surface area contributed by atoms with Crippen LogP contribution in [0, 0.1) is 5.41 Å².